The molecule has 3 nitrogen and oxygen atoms in total. The van der Waals surface area contributed by atoms with Crippen LogP contribution in [0.25, 0.3) is 0 Å². The normalized spacial score (nSPS) is 33.4. The highest BCUT2D eigenvalue weighted by Crippen LogP contribution is 2.33. The van der Waals surface area contributed by atoms with Crippen LogP contribution in [0.4, 0.5) is 0 Å². The Kier molecular flexibility index (Phi) is 5.17. The van der Waals surface area contributed by atoms with Crippen LogP contribution in [-0.2, 0) is 8.87 Å². The van der Waals surface area contributed by atoms with Gasteiger partial charge in [-0.25, -0.2) is 8.42 Å². The summed E-state index contributed by atoms with van der Waals surface area (Å²) in [6.07, 6.45) is 5.40. The molecular formula is C10H20BrNO2S2. The van der Waals surface area contributed by atoms with E-state index in [0.717, 1.165) is 29.0 Å². The second-order valence-electron chi connectivity index (χ2n) is 4.99. The van der Waals surface area contributed by atoms with Crippen molar-refractivity contribution in [3.8, 4) is 0 Å². The lowest BCUT2D eigenvalue weighted by Crippen LogP contribution is -3.00. The molecule has 96 valence electrons. The Morgan fingerprint density at radius 2 is 1.69 bits per heavy atom. The molecule has 3 rings (SSSR count). The Hall–Kier alpha value is 0.740. The third-order valence-corrected chi connectivity index (χ3v) is 6.46. The maximum Gasteiger partial charge on any atom is 0.198 e. The molecule has 0 N–H and O–H groups in total. The van der Waals surface area contributed by atoms with Gasteiger partial charge >= 0.3 is 0 Å². The Morgan fingerprint density at radius 3 is 2.12 bits per heavy atom. The maximum absolute atomic E-state index is 11.0. The molecule has 3 aliphatic rings. The molecule has 0 spiro atoms. The van der Waals surface area contributed by atoms with Gasteiger partial charge in [0.1, 0.15) is 0 Å². The summed E-state index contributed by atoms with van der Waals surface area (Å²) in [6, 6.07) is 0. The van der Waals surface area contributed by atoms with Crippen molar-refractivity contribution in [2.45, 2.75) is 19.3 Å². The number of quaternary nitrogens is 1. The smallest absolute Gasteiger partial charge is 0.198 e. The van der Waals surface area contributed by atoms with Crippen molar-refractivity contribution in [2.75, 3.05) is 38.2 Å². The molecule has 0 aromatic carbocycles. The summed E-state index contributed by atoms with van der Waals surface area (Å²) in [5.74, 6) is 1.75. The summed E-state index contributed by atoms with van der Waals surface area (Å²) in [7, 11) is -1.73. The Labute approximate surface area is 113 Å². The van der Waals surface area contributed by atoms with Gasteiger partial charge in [0.2, 0.25) is 0 Å². The highest BCUT2D eigenvalue weighted by atomic mass is 79.9. The average molecular weight is 330 g/mol. The molecule has 16 heavy (non-hydrogen) atoms. The lowest BCUT2D eigenvalue weighted by Gasteiger charge is -2.49. The maximum atomic E-state index is 11.0. The first-order chi connectivity index (χ1) is 6.99. The highest BCUT2D eigenvalue weighted by Gasteiger charge is 2.39. The van der Waals surface area contributed by atoms with Crippen LogP contribution in [0.2, 0.25) is 0 Å². The summed E-state index contributed by atoms with van der Waals surface area (Å²) >= 11 is 0. The quantitative estimate of drug-likeness (QED) is 0.456. The first-order valence-corrected chi connectivity index (χ1v) is 9.08. The van der Waals surface area contributed by atoms with Crippen molar-refractivity contribution in [1.29, 1.82) is 0 Å². The first-order valence-electron chi connectivity index (χ1n) is 5.69. The molecule has 0 aromatic rings. The van der Waals surface area contributed by atoms with Crippen molar-refractivity contribution in [1.82, 2.24) is 0 Å². The molecule has 3 saturated heterocycles. The molecular weight excluding hydrogens is 310 g/mol. The number of hydrogen-bond acceptors (Lipinski definition) is 3. The van der Waals surface area contributed by atoms with Gasteiger partial charge in [-0.05, 0) is 36.0 Å². The average Bonchev–Trinajstić information content (AvgIpc) is 2.18. The molecule has 2 bridgehead atoms. The number of nitrogens with zero attached hydrogens (tertiary/aromatic N) is 1. The number of fused-ring (bicyclic) bond motifs is 3. The van der Waals surface area contributed by atoms with E-state index in [1.807, 2.05) is 0 Å². The second kappa shape index (κ2) is 5.59. The van der Waals surface area contributed by atoms with Gasteiger partial charge in [0.15, 0.2) is 8.87 Å². The second-order valence-corrected chi connectivity index (χ2v) is 9.57. The minimum Gasteiger partial charge on any atom is -1.00 e. The SMILES string of the molecule is CS(=O)(=O)SCC[N+]12CCC(CC1)CC2.[Br-]. The monoisotopic (exact) mass is 329 g/mol. The molecule has 3 heterocycles. The van der Waals surface area contributed by atoms with E-state index in [9.17, 15) is 8.42 Å². The molecule has 0 radical (unpaired) electrons. The zero-order chi connectivity index (χ0) is 10.9. The molecule has 3 fully saturated rings. The van der Waals surface area contributed by atoms with Crippen LogP contribution < -0.4 is 17.0 Å². The van der Waals surface area contributed by atoms with E-state index in [2.05, 4.69) is 0 Å². The minimum absolute atomic E-state index is 0. The lowest BCUT2D eigenvalue weighted by atomic mass is 9.86. The highest BCUT2D eigenvalue weighted by molar-refractivity contribution is 8.71. The topological polar surface area (TPSA) is 34.1 Å². The van der Waals surface area contributed by atoms with Gasteiger partial charge in [0.25, 0.3) is 0 Å². The largest absolute Gasteiger partial charge is 1.00 e. The predicted octanol–water partition coefficient (Wildman–Crippen LogP) is -1.69. The van der Waals surface area contributed by atoms with Crippen LogP contribution in [0, 0.1) is 5.92 Å². The third kappa shape index (κ3) is 3.89. The molecule has 0 aliphatic carbocycles. The van der Waals surface area contributed by atoms with Crippen molar-refractivity contribution < 1.29 is 29.9 Å². The summed E-state index contributed by atoms with van der Waals surface area (Å²) in [5.41, 5.74) is 0. The predicted molar refractivity (Wildman–Crippen MR) is 64.4 cm³/mol. The molecule has 0 atom stereocenters. The third-order valence-electron chi connectivity index (χ3n) is 3.90. The van der Waals surface area contributed by atoms with Crippen molar-refractivity contribution >= 4 is 19.7 Å². The van der Waals surface area contributed by atoms with E-state index in [1.165, 1.54) is 49.6 Å². The van der Waals surface area contributed by atoms with Gasteiger partial charge in [-0.3, -0.25) is 0 Å². The van der Waals surface area contributed by atoms with Gasteiger partial charge in [-0.2, -0.15) is 0 Å². The number of halogens is 1. The zero-order valence-corrected chi connectivity index (χ0v) is 12.9. The molecule has 0 unspecified atom stereocenters. The van der Waals surface area contributed by atoms with E-state index in [0.29, 0.717) is 0 Å². The standard InChI is InChI=1S/C10H20NO2S2.BrH/c1-15(12,13)14-9-8-11-5-2-10(3-6-11)4-7-11;/h10H,2-9H2,1H3;1H/q+1;/p-1. The molecule has 0 amide bonds. The van der Waals surface area contributed by atoms with Crippen LogP contribution in [-0.4, -0.2) is 51.1 Å². The van der Waals surface area contributed by atoms with E-state index in [4.69, 9.17) is 0 Å². The molecule has 6 heteroatoms. The van der Waals surface area contributed by atoms with Crippen molar-refractivity contribution in [2.24, 2.45) is 5.92 Å². The Balaban J connectivity index is 0.00000128. The van der Waals surface area contributed by atoms with Crippen molar-refractivity contribution in [3.05, 3.63) is 0 Å². The molecule has 3 aliphatic heterocycles. The summed E-state index contributed by atoms with van der Waals surface area (Å²) in [5, 5.41) is 0. The zero-order valence-electron chi connectivity index (χ0n) is 9.69. The van der Waals surface area contributed by atoms with Crippen LogP contribution in [0.5, 0.6) is 0 Å². The van der Waals surface area contributed by atoms with E-state index in [-0.39, 0.29) is 17.0 Å². The fourth-order valence-corrected chi connectivity index (χ4v) is 4.75. The number of hydrogen-bond donors (Lipinski definition) is 0. The molecule has 0 saturated carbocycles. The number of piperidine rings is 3. The minimum atomic E-state index is -2.84. The van der Waals surface area contributed by atoms with Crippen LogP contribution in [0.15, 0.2) is 0 Å². The Morgan fingerprint density at radius 1 is 1.19 bits per heavy atom. The van der Waals surface area contributed by atoms with E-state index in [1.54, 1.807) is 0 Å². The fraction of sp³-hybridized carbons (Fsp3) is 1.00. The molecule has 0 aromatic heterocycles. The van der Waals surface area contributed by atoms with Gasteiger partial charge in [-0.1, -0.05) is 0 Å². The van der Waals surface area contributed by atoms with Gasteiger partial charge in [0.05, 0.1) is 31.9 Å². The number of rotatable bonds is 4. The van der Waals surface area contributed by atoms with Crippen LogP contribution in [0.3, 0.4) is 0 Å². The summed E-state index contributed by atoms with van der Waals surface area (Å²) < 4.78 is 23.3. The van der Waals surface area contributed by atoms with Crippen molar-refractivity contribution in [3.63, 3.8) is 0 Å². The fourth-order valence-electron chi connectivity index (χ4n) is 2.86. The van der Waals surface area contributed by atoms with Gasteiger partial charge in [-0.15, -0.1) is 0 Å². The lowest BCUT2D eigenvalue weighted by molar-refractivity contribution is -0.940. The van der Waals surface area contributed by atoms with Gasteiger partial charge in [0, 0.05) is 6.26 Å². The summed E-state index contributed by atoms with van der Waals surface area (Å²) in [6.45, 7) is 4.91. The Bertz CT molecular complexity index is 310. The van der Waals surface area contributed by atoms with Crippen LogP contribution >= 0.6 is 10.8 Å². The van der Waals surface area contributed by atoms with E-state index >= 15 is 0 Å². The van der Waals surface area contributed by atoms with E-state index < -0.39 is 8.87 Å². The summed E-state index contributed by atoms with van der Waals surface area (Å²) in [4.78, 5) is 0. The van der Waals surface area contributed by atoms with Crippen LogP contribution in [0.1, 0.15) is 19.3 Å². The first kappa shape index (κ1) is 14.8. The van der Waals surface area contributed by atoms with Gasteiger partial charge < -0.3 is 21.5 Å².